The van der Waals surface area contributed by atoms with Crippen molar-refractivity contribution >= 4 is 28.4 Å². The number of carbonyl (C=O) groups excluding carboxylic acids is 1. The van der Waals surface area contributed by atoms with Gasteiger partial charge in [-0.3, -0.25) is 4.79 Å². The van der Waals surface area contributed by atoms with Gasteiger partial charge < -0.3 is 24.9 Å². The average molecular weight is 575 g/mol. The van der Waals surface area contributed by atoms with E-state index in [0.29, 0.717) is 28.8 Å². The van der Waals surface area contributed by atoms with Gasteiger partial charge in [0, 0.05) is 35.1 Å². The first kappa shape index (κ1) is 27.9. The minimum absolute atomic E-state index is 0.0135. The summed E-state index contributed by atoms with van der Waals surface area (Å²) < 4.78 is 51.2. The van der Waals surface area contributed by atoms with Gasteiger partial charge in [0.2, 0.25) is 11.7 Å². The molecule has 1 aliphatic heterocycles. The number of fused-ring (bicyclic) bond motifs is 1. The predicted octanol–water partition coefficient (Wildman–Crippen LogP) is 5.71. The van der Waals surface area contributed by atoms with Crippen LogP contribution in [0.4, 0.5) is 13.2 Å². The van der Waals surface area contributed by atoms with Crippen molar-refractivity contribution in [2.75, 3.05) is 20.2 Å². The van der Waals surface area contributed by atoms with Gasteiger partial charge in [0.15, 0.2) is 0 Å². The Balaban J connectivity index is 1.47. The van der Waals surface area contributed by atoms with Gasteiger partial charge in [-0.1, -0.05) is 23.7 Å². The maximum absolute atomic E-state index is 13.6. The number of piperidine rings is 1. The highest BCUT2D eigenvalue weighted by atomic mass is 35.5. The molecule has 0 aliphatic carbocycles. The number of hydrogen-bond acceptors (Lipinski definition) is 7. The molecule has 5 rings (SSSR count). The first-order chi connectivity index (χ1) is 18.9. The topological polar surface area (TPSA) is 115 Å². The van der Waals surface area contributed by atoms with E-state index >= 15 is 0 Å². The number of aromatic nitrogens is 2. The van der Waals surface area contributed by atoms with Crippen molar-refractivity contribution in [2.24, 2.45) is 5.73 Å². The summed E-state index contributed by atoms with van der Waals surface area (Å²) in [5.41, 5.74) is 5.18. The van der Waals surface area contributed by atoms with Crippen molar-refractivity contribution in [3.63, 3.8) is 0 Å². The van der Waals surface area contributed by atoms with E-state index in [9.17, 15) is 23.1 Å². The zero-order valence-electron chi connectivity index (χ0n) is 21.6. The number of halogens is 4. The lowest BCUT2D eigenvalue weighted by atomic mass is 9.84. The van der Waals surface area contributed by atoms with Gasteiger partial charge in [-0.2, -0.15) is 13.2 Å². The van der Waals surface area contributed by atoms with Crippen LogP contribution in [0.2, 0.25) is 5.02 Å². The van der Waals surface area contributed by atoms with Gasteiger partial charge in [0.25, 0.3) is 5.91 Å². The van der Waals surface area contributed by atoms with Gasteiger partial charge >= 0.3 is 6.18 Å². The Morgan fingerprint density at radius 1 is 1.12 bits per heavy atom. The number of nitrogens with zero attached hydrogens (tertiary/aromatic N) is 3. The number of hydrogen-bond donors (Lipinski definition) is 2. The summed E-state index contributed by atoms with van der Waals surface area (Å²) in [5, 5.41) is 12.1. The van der Waals surface area contributed by atoms with Gasteiger partial charge in [-0.25, -0.2) is 9.97 Å². The van der Waals surface area contributed by atoms with Gasteiger partial charge in [-0.05, 0) is 61.7 Å². The molecular weight excluding hydrogens is 549 g/mol. The van der Waals surface area contributed by atoms with E-state index in [1.54, 1.807) is 42.2 Å². The smallest absolute Gasteiger partial charge is 0.433 e. The van der Waals surface area contributed by atoms with E-state index < -0.39 is 29.4 Å². The third-order valence-corrected chi connectivity index (χ3v) is 7.35. The fourth-order valence-corrected chi connectivity index (χ4v) is 5.01. The van der Waals surface area contributed by atoms with E-state index in [-0.39, 0.29) is 41.7 Å². The number of oxazole rings is 1. The number of ether oxygens (including phenoxy) is 1. The molecule has 1 amide bonds. The third kappa shape index (κ3) is 5.12. The molecule has 12 heteroatoms. The summed E-state index contributed by atoms with van der Waals surface area (Å²) in [6.07, 6.45) is -4.05. The molecule has 1 unspecified atom stereocenters. The predicted molar refractivity (Wildman–Crippen MR) is 142 cm³/mol. The molecule has 210 valence electrons. The molecule has 0 radical (unpaired) electrons. The summed E-state index contributed by atoms with van der Waals surface area (Å²) in [6, 6.07) is 11.4. The fraction of sp³-hybridized carbons (Fsp3) is 0.321. The molecule has 8 nitrogen and oxygen atoms in total. The maximum atomic E-state index is 13.6. The first-order valence-electron chi connectivity index (χ1n) is 12.5. The summed E-state index contributed by atoms with van der Waals surface area (Å²) in [6.45, 7) is 2.15. The molecule has 0 bridgehead atoms. The van der Waals surface area contributed by atoms with Crippen LogP contribution in [0.25, 0.3) is 22.4 Å². The number of benzene rings is 2. The SMILES string of the molecule is COc1ccc(-c2nc(C(C)N)c(C(=O)N3CCC(O)(c4ccc(Cl)cc4)CC3)o2)c2ccc(C(F)(F)F)nc12. The molecule has 1 aliphatic rings. The monoisotopic (exact) mass is 574 g/mol. The van der Waals surface area contributed by atoms with Crippen LogP contribution in [0.5, 0.6) is 5.75 Å². The highest BCUT2D eigenvalue weighted by Crippen LogP contribution is 2.38. The van der Waals surface area contributed by atoms with Gasteiger partial charge in [0.1, 0.15) is 22.7 Å². The van der Waals surface area contributed by atoms with Crippen LogP contribution in [0, 0.1) is 0 Å². The quantitative estimate of drug-likeness (QED) is 0.313. The second kappa shape index (κ2) is 10.4. The molecule has 40 heavy (non-hydrogen) atoms. The molecule has 2 aromatic heterocycles. The van der Waals surface area contributed by atoms with Gasteiger partial charge in [0.05, 0.1) is 12.7 Å². The summed E-state index contributed by atoms with van der Waals surface area (Å²) in [7, 11) is 1.33. The van der Waals surface area contributed by atoms with Crippen molar-refractivity contribution < 1.29 is 32.2 Å². The van der Waals surface area contributed by atoms with Crippen molar-refractivity contribution in [3.8, 4) is 17.2 Å². The zero-order valence-corrected chi connectivity index (χ0v) is 22.4. The number of pyridine rings is 1. The largest absolute Gasteiger partial charge is 0.494 e. The van der Waals surface area contributed by atoms with Crippen LogP contribution in [-0.2, 0) is 11.8 Å². The second-order valence-electron chi connectivity index (χ2n) is 9.76. The van der Waals surface area contributed by atoms with E-state index in [0.717, 1.165) is 11.6 Å². The molecule has 1 fully saturated rings. The molecule has 1 atom stereocenters. The lowest BCUT2D eigenvalue weighted by Crippen LogP contribution is -2.45. The number of likely N-dealkylation sites (tertiary alicyclic amines) is 1. The molecule has 1 saturated heterocycles. The molecule has 2 aromatic carbocycles. The Bertz CT molecular complexity index is 1560. The number of carbonyl (C=O) groups is 1. The maximum Gasteiger partial charge on any atom is 0.433 e. The number of aliphatic hydroxyl groups is 1. The standard InChI is InChI=1S/C28H26ClF3N4O4/c1-15(33)22-24(26(37)36-13-11-27(38,12-14-36)16-3-5-17(29)6-4-16)40-25(35-22)19-7-9-20(39-2)23-18(19)8-10-21(34-23)28(30,31)32/h3-10,15,38H,11-14,33H2,1-2H3. The highest BCUT2D eigenvalue weighted by molar-refractivity contribution is 6.30. The Morgan fingerprint density at radius 2 is 1.80 bits per heavy atom. The van der Waals surface area contributed by atoms with Crippen LogP contribution in [-0.4, -0.2) is 46.1 Å². The lowest BCUT2D eigenvalue weighted by molar-refractivity contribution is -0.140. The van der Waals surface area contributed by atoms with Crippen LogP contribution in [0.1, 0.15) is 53.3 Å². The van der Waals surface area contributed by atoms with Crippen LogP contribution in [0.15, 0.2) is 52.9 Å². The number of nitrogens with two attached hydrogens (primary N) is 1. The van der Waals surface area contributed by atoms with E-state index in [4.69, 9.17) is 26.5 Å². The van der Waals surface area contributed by atoms with Crippen LogP contribution in [0.3, 0.4) is 0 Å². The fourth-order valence-electron chi connectivity index (χ4n) is 4.88. The molecular formula is C28H26ClF3N4O4. The Labute approximate surface area is 232 Å². The first-order valence-corrected chi connectivity index (χ1v) is 12.9. The van der Waals surface area contributed by atoms with Crippen molar-refractivity contribution in [2.45, 2.75) is 37.6 Å². The second-order valence-corrected chi connectivity index (χ2v) is 10.2. The average Bonchev–Trinajstić information content (AvgIpc) is 3.38. The Morgan fingerprint density at radius 3 is 2.40 bits per heavy atom. The normalized spacial score (nSPS) is 16.2. The van der Waals surface area contributed by atoms with E-state index in [1.165, 1.54) is 19.2 Å². The molecule has 4 aromatic rings. The molecule has 3 heterocycles. The number of amides is 1. The number of rotatable bonds is 5. The van der Waals surface area contributed by atoms with Gasteiger partial charge in [-0.15, -0.1) is 0 Å². The lowest BCUT2D eigenvalue weighted by Gasteiger charge is -2.38. The summed E-state index contributed by atoms with van der Waals surface area (Å²) >= 11 is 5.97. The third-order valence-electron chi connectivity index (χ3n) is 7.10. The number of alkyl halides is 3. The number of methoxy groups -OCH3 is 1. The van der Waals surface area contributed by atoms with E-state index in [1.807, 2.05) is 0 Å². The summed E-state index contributed by atoms with van der Waals surface area (Å²) in [5.74, 6) is -0.355. The highest BCUT2D eigenvalue weighted by Gasteiger charge is 2.38. The van der Waals surface area contributed by atoms with Crippen molar-refractivity contribution in [1.82, 2.24) is 14.9 Å². The molecule has 3 N–H and O–H groups in total. The van der Waals surface area contributed by atoms with Crippen LogP contribution >= 0.6 is 11.6 Å². The Kier molecular flexibility index (Phi) is 7.24. The van der Waals surface area contributed by atoms with Crippen LogP contribution < -0.4 is 10.5 Å². The molecule has 0 saturated carbocycles. The van der Waals surface area contributed by atoms with Crippen molar-refractivity contribution in [1.29, 1.82) is 0 Å². The van der Waals surface area contributed by atoms with E-state index in [2.05, 4.69) is 9.97 Å². The minimum Gasteiger partial charge on any atom is -0.494 e. The molecule has 0 spiro atoms. The zero-order chi connectivity index (χ0) is 28.8. The minimum atomic E-state index is -4.64. The summed E-state index contributed by atoms with van der Waals surface area (Å²) in [4.78, 5) is 23.4. The Hall–Kier alpha value is -3.67. The van der Waals surface area contributed by atoms with Crippen molar-refractivity contribution in [3.05, 3.63) is 76.3 Å².